The van der Waals surface area contributed by atoms with Crippen LogP contribution < -0.4 is 5.32 Å². The molecule has 0 radical (unpaired) electrons. The molecular formula is C14H27NO3. The largest absolute Gasteiger partial charge is 0.444 e. The number of aliphatic hydroxyl groups excluding tert-OH is 1. The van der Waals surface area contributed by atoms with Crippen molar-refractivity contribution in [1.29, 1.82) is 0 Å². The zero-order valence-corrected chi connectivity index (χ0v) is 11.9. The molecule has 1 fully saturated rings. The van der Waals surface area contributed by atoms with Gasteiger partial charge in [-0.2, -0.15) is 0 Å². The highest BCUT2D eigenvalue weighted by Gasteiger charge is 2.22. The zero-order chi connectivity index (χ0) is 13.6. The van der Waals surface area contributed by atoms with Gasteiger partial charge in [-0.05, 0) is 46.0 Å². The molecule has 2 N–H and O–H groups in total. The molecule has 1 aliphatic carbocycles. The van der Waals surface area contributed by atoms with Crippen molar-refractivity contribution in [3.05, 3.63) is 0 Å². The fraction of sp³-hybridized carbons (Fsp3) is 0.929. The Morgan fingerprint density at radius 1 is 1.33 bits per heavy atom. The molecular weight excluding hydrogens is 230 g/mol. The molecule has 0 heterocycles. The Kier molecular flexibility index (Phi) is 5.93. The molecule has 4 heteroatoms. The van der Waals surface area contributed by atoms with E-state index in [1.165, 1.54) is 19.3 Å². The molecule has 1 unspecified atom stereocenters. The summed E-state index contributed by atoms with van der Waals surface area (Å²) in [6, 6.07) is 0. The average molecular weight is 257 g/mol. The van der Waals surface area contributed by atoms with Crippen molar-refractivity contribution in [2.45, 2.75) is 71.0 Å². The molecule has 1 saturated carbocycles. The van der Waals surface area contributed by atoms with Gasteiger partial charge >= 0.3 is 6.09 Å². The van der Waals surface area contributed by atoms with E-state index in [4.69, 9.17) is 4.74 Å². The van der Waals surface area contributed by atoms with Crippen LogP contribution >= 0.6 is 0 Å². The van der Waals surface area contributed by atoms with Crippen LogP contribution in [0.15, 0.2) is 0 Å². The number of ether oxygens (including phenoxy) is 1. The maximum atomic E-state index is 11.4. The second-order valence-electron chi connectivity index (χ2n) is 6.18. The van der Waals surface area contributed by atoms with Crippen LogP contribution in [0.2, 0.25) is 0 Å². The highest BCUT2D eigenvalue weighted by Crippen LogP contribution is 2.27. The van der Waals surface area contributed by atoms with E-state index < -0.39 is 11.7 Å². The number of alkyl carbamates (subject to hydrolysis) is 1. The molecule has 0 aromatic carbocycles. The van der Waals surface area contributed by atoms with Crippen molar-refractivity contribution < 1.29 is 14.6 Å². The standard InChI is InChI=1S/C14H27NO3/c1-14(2,3)18-13(17)15-10-9-12(16)11-7-5-4-6-8-11/h11-12,16H,4-10H2,1-3H3,(H,15,17). The first-order valence-electron chi connectivity index (χ1n) is 7.03. The van der Waals surface area contributed by atoms with Crippen LogP contribution in [-0.2, 0) is 4.74 Å². The van der Waals surface area contributed by atoms with Gasteiger partial charge in [0.25, 0.3) is 0 Å². The minimum absolute atomic E-state index is 0.291. The Morgan fingerprint density at radius 2 is 1.94 bits per heavy atom. The summed E-state index contributed by atoms with van der Waals surface area (Å²) >= 11 is 0. The third-order valence-electron chi connectivity index (χ3n) is 3.30. The molecule has 0 aromatic rings. The minimum atomic E-state index is -0.466. The Labute approximate surface area is 110 Å². The van der Waals surface area contributed by atoms with Crippen LogP contribution in [0.1, 0.15) is 59.3 Å². The van der Waals surface area contributed by atoms with Crippen molar-refractivity contribution >= 4 is 6.09 Å². The minimum Gasteiger partial charge on any atom is -0.444 e. The highest BCUT2D eigenvalue weighted by atomic mass is 16.6. The van der Waals surface area contributed by atoms with Gasteiger partial charge in [-0.1, -0.05) is 19.3 Å². The fourth-order valence-electron chi connectivity index (χ4n) is 2.39. The number of hydrogen-bond acceptors (Lipinski definition) is 3. The number of aliphatic hydroxyl groups is 1. The third kappa shape index (κ3) is 6.24. The predicted molar refractivity (Wildman–Crippen MR) is 71.4 cm³/mol. The second kappa shape index (κ2) is 6.98. The molecule has 1 amide bonds. The lowest BCUT2D eigenvalue weighted by atomic mass is 9.84. The summed E-state index contributed by atoms with van der Waals surface area (Å²) in [5, 5.41) is 12.7. The molecule has 0 aromatic heterocycles. The number of carbonyl (C=O) groups excluding carboxylic acids is 1. The lowest BCUT2D eigenvalue weighted by Crippen LogP contribution is -2.35. The van der Waals surface area contributed by atoms with Gasteiger partial charge in [0.1, 0.15) is 5.60 Å². The van der Waals surface area contributed by atoms with Gasteiger partial charge in [0.2, 0.25) is 0 Å². The van der Waals surface area contributed by atoms with Crippen LogP contribution in [0.5, 0.6) is 0 Å². The van der Waals surface area contributed by atoms with E-state index in [9.17, 15) is 9.90 Å². The Hall–Kier alpha value is -0.770. The van der Waals surface area contributed by atoms with Gasteiger partial charge in [0.15, 0.2) is 0 Å². The van der Waals surface area contributed by atoms with Gasteiger partial charge in [-0.15, -0.1) is 0 Å². The summed E-state index contributed by atoms with van der Waals surface area (Å²) in [7, 11) is 0. The SMILES string of the molecule is CC(C)(C)OC(=O)NCCC(O)C1CCCCC1. The lowest BCUT2D eigenvalue weighted by Gasteiger charge is -2.26. The lowest BCUT2D eigenvalue weighted by molar-refractivity contribution is 0.0490. The first-order chi connectivity index (χ1) is 8.38. The number of carbonyl (C=O) groups is 1. The number of nitrogens with one attached hydrogen (secondary N) is 1. The molecule has 0 aliphatic heterocycles. The van der Waals surface area contributed by atoms with Crippen LogP contribution in [0.25, 0.3) is 0 Å². The molecule has 1 rings (SSSR count). The first-order valence-corrected chi connectivity index (χ1v) is 7.03. The Morgan fingerprint density at radius 3 is 2.50 bits per heavy atom. The summed E-state index contributed by atoms with van der Waals surface area (Å²) in [4.78, 5) is 11.4. The molecule has 4 nitrogen and oxygen atoms in total. The van der Waals surface area contributed by atoms with E-state index in [1.54, 1.807) is 0 Å². The summed E-state index contributed by atoms with van der Waals surface area (Å²) in [6.45, 7) is 5.99. The Bertz CT molecular complexity index is 254. The smallest absolute Gasteiger partial charge is 0.407 e. The van der Waals surface area contributed by atoms with Gasteiger partial charge in [-0.25, -0.2) is 4.79 Å². The molecule has 0 bridgehead atoms. The average Bonchev–Trinajstić information content (AvgIpc) is 2.27. The van der Waals surface area contributed by atoms with E-state index in [1.807, 2.05) is 20.8 Å². The van der Waals surface area contributed by atoms with Crippen molar-refractivity contribution in [3.8, 4) is 0 Å². The van der Waals surface area contributed by atoms with Crippen LogP contribution in [-0.4, -0.2) is 29.4 Å². The maximum absolute atomic E-state index is 11.4. The van der Waals surface area contributed by atoms with E-state index in [2.05, 4.69) is 5.32 Å². The topological polar surface area (TPSA) is 58.6 Å². The van der Waals surface area contributed by atoms with Gasteiger partial charge < -0.3 is 15.2 Å². The van der Waals surface area contributed by atoms with E-state index in [0.29, 0.717) is 18.9 Å². The molecule has 0 saturated heterocycles. The maximum Gasteiger partial charge on any atom is 0.407 e. The van der Waals surface area contributed by atoms with Crippen molar-refractivity contribution in [1.82, 2.24) is 5.32 Å². The summed E-state index contributed by atoms with van der Waals surface area (Å²) in [5.74, 6) is 0.416. The normalized spacial score (nSPS) is 19.3. The van der Waals surface area contributed by atoms with Gasteiger partial charge in [0.05, 0.1) is 6.10 Å². The van der Waals surface area contributed by atoms with Crippen molar-refractivity contribution in [2.24, 2.45) is 5.92 Å². The van der Waals surface area contributed by atoms with Crippen molar-refractivity contribution in [2.75, 3.05) is 6.54 Å². The quantitative estimate of drug-likeness (QED) is 0.814. The van der Waals surface area contributed by atoms with Crippen LogP contribution in [0.4, 0.5) is 4.79 Å². The third-order valence-corrected chi connectivity index (χ3v) is 3.30. The molecule has 106 valence electrons. The zero-order valence-electron chi connectivity index (χ0n) is 11.9. The number of amides is 1. The summed E-state index contributed by atoms with van der Waals surface area (Å²) < 4.78 is 5.13. The van der Waals surface area contributed by atoms with Crippen LogP contribution in [0, 0.1) is 5.92 Å². The van der Waals surface area contributed by atoms with Gasteiger partial charge in [0, 0.05) is 6.54 Å². The first kappa shape index (κ1) is 15.3. The second-order valence-corrected chi connectivity index (χ2v) is 6.18. The predicted octanol–water partition coefficient (Wildman–Crippen LogP) is 2.84. The van der Waals surface area contributed by atoms with Crippen molar-refractivity contribution in [3.63, 3.8) is 0 Å². The molecule has 1 atom stereocenters. The fourth-order valence-corrected chi connectivity index (χ4v) is 2.39. The monoisotopic (exact) mass is 257 g/mol. The summed E-state index contributed by atoms with van der Waals surface area (Å²) in [6.07, 6.45) is 5.89. The Balaban J connectivity index is 2.14. The number of rotatable bonds is 4. The molecule has 1 aliphatic rings. The number of hydrogen-bond donors (Lipinski definition) is 2. The van der Waals surface area contributed by atoms with E-state index >= 15 is 0 Å². The van der Waals surface area contributed by atoms with E-state index in [0.717, 1.165) is 12.8 Å². The van der Waals surface area contributed by atoms with Crippen LogP contribution in [0.3, 0.4) is 0 Å². The molecule has 18 heavy (non-hydrogen) atoms. The highest BCUT2D eigenvalue weighted by molar-refractivity contribution is 5.67. The molecule has 0 spiro atoms. The van der Waals surface area contributed by atoms with E-state index in [-0.39, 0.29) is 6.10 Å². The van der Waals surface area contributed by atoms with Gasteiger partial charge in [-0.3, -0.25) is 0 Å². The summed E-state index contributed by atoms with van der Waals surface area (Å²) in [5.41, 5.74) is -0.466.